The fourth-order valence-corrected chi connectivity index (χ4v) is 4.00. The van der Waals surface area contributed by atoms with Crippen molar-refractivity contribution in [3.8, 4) is 5.69 Å². The summed E-state index contributed by atoms with van der Waals surface area (Å²) in [6.07, 6.45) is 5.22. The first-order chi connectivity index (χ1) is 15.1. The van der Waals surface area contributed by atoms with Crippen LogP contribution in [-0.2, 0) is 0 Å². The van der Waals surface area contributed by atoms with Crippen molar-refractivity contribution in [3.63, 3.8) is 0 Å². The minimum Gasteiger partial charge on any atom is -0.365 e. The molecule has 1 saturated heterocycles. The van der Waals surface area contributed by atoms with Crippen LogP contribution in [0.25, 0.3) is 11.3 Å². The Balaban J connectivity index is 1.32. The second kappa shape index (κ2) is 7.88. The summed E-state index contributed by atoms with van der Waals surface area (Å²) in [4.78, 5) is 33.8. The summed E-state index contributed by atoms with van der Waals surface area (Å²) >= 11 is 6.41. The summed E-state index contributed by atoms with van der Waals surface area (Å²) < 4.78 is 3.12. The maximum absolute atomic E-state index is 12.9. The Labute approximate surface area is 182 Å². The van der Waals surface area contributed by atoms with Gasteiger partial charge in [-0.2, -0.15) is 9.78 Å². The number of benzene rings is 1. The van der Waals surface area contributed by atoms with Gasteiger partial charge in [0, 0.05) is 38.6 Å². The first kappa shape index (κ1) is 19.3. The predicted octanol–water partition coefficient (Wildman–Crippen LogP) is 2.50. The van der Waals surface area contributed by atoms with Gasteiger partial charge in [-0.3, -0.25) is 9.59 Å². The normalized spacial score (nSPS) is 14.2. The Hall–Kier alpha value is -3.65. The number of aromatic nitrogens is 4. The van der Waals surface area contributed by atoms with Crippen LogP contribution in [0.15, 0.2) is 71.9 Å². The predicted molar refractivity (Wildman–Crippen MR) is 118 cm³/mol. The van der Waals surface area contributed by atoms with Crippen LogP contribution in [0, 0.1) is 0 Å². The van der Waals surface area contributed by atoms with E-state index in [1.807, 2.05) is 51.9 Å². The maximum Gasteiger partial charge on any atom is 0.292 e. The standard InChI is InChI=1S/C22H19ClN6O2/c23-20-18(14-24-29(22(20)31)16-6-2-1-3-7-16)26-10-12-27(13-11-26)21(30)17-15-28-9-5-4-8-19(28)25-17/h1-9,14-15H,10-13H2. The van der Waals surface area contributed by atoms with E-state index in [2.05, 4.69) is 10.1 Å². The van der Waals surface area contributed by atoms with Gasteiger partial charge in [0.05, 0.1) is 17.6 Å². The number of hydrogen-bond acceptors (Lipinski definition) is 5. The van der Waals surface area contributed by atoms with Crippen molar-refractivity contribution in [2.45, 2.75) is 0 Å². The van der Waals surface area contributed by atoms with E-state index in [0.29, 0.717) is 43.2 Å². The highest BCUT2D eigenvalue weighted by atomic mass is 35.5. The number of amides is 1. The molecule has 31 heavy (non-hydrogen) atoms. The number of imidazole rings is 1. The molecule has 1 amide bonds. The van der Waals surface area contributed by atoms with E-state index < -0.39 is 0 Å². The molecule has 9 heteroatoms. The Morgan fingerprint density at radius 3 is 2.45 bits per heavy atom. The van der Waals surface area contributed by atoms with Gasteiger partial charge in [0.25, 0.3) is 11.5 Å². The lowest BCUT2D eigenvalue weighted by Crippen LogP contribution is -2.49. The lowest BCUT2D eigenvalue weighted by molar-refractivity contribution is 0.0741. The van der Waals surface area contributed by atoms with E-state index >= 15 is 0 Å². The van der Waals surface area contributed by atoms with Crippen molar-refractivity contribution in [3.05, 3.63) is 88.2 Å². The van der Waals surface area contributed by atoms with Crippen LogP contribution < -0.4 is 10.5 Å². The third-order valence-corrected chi connectivity index (χ3v) is 5.75. The zero-order chi connectivity index (χ0) is 21.4. The lowest BCUT2D eigenvalue weighted by atomic mass is 10.2. The number of fused-ring (bicyclic) bond motifs is 1. The highest BCUT2D eigenvalue weighted by Gasteiger charge is 2.26. The van der Waals surface area contributed by atoms with Crippen LogP contribution in [0.2, 0.25) is 5.02 Å². The molecule has 1 aliphatic heterocycles. The Kier molecular flexibility index (Phi) is 4.91. The first-order valence-electron chi connectivity index (χ1n) is 9.93. The molecule has 3 aromatic heterocycles. The molecule has 0 unspecified atom stereocenters. The number of hydrogen-bond donors (Lipinski definition) is 0. The molecule has 0 atom stereocenters. The quantitative estimate of drug-likeness (QED) is 0.495. The topological polar surface area (TPSA) is 75.7 Å². The molecule has 0 spiro atoms. The summed E-state index contributed by atoms with van der Waals surface area (Å²) in [5.74, 6) is -0.105. The average molecular weight is 435 g/mol. The molecule has 0 bridgehead atoms. The molecule has 1 aromatic carbocycles. The molecule has 156 valence electrons. The molecule has 0 saturated carbocycles. The van der Waals surface area contributed by atoms with Crippen LogP contribution in [0.4, 0.5) is 5.69 Å². The van der Waals surface area contributed by atoms with Gasteiger partial charge in [-0.15, -0.1) is 0 Å². The summed E-state index contributed by atoms with van der Waals surface area (Å²) in [6.45, 7) is 2.11. The molecule has 1 aliphatic rings. The monoisotopic (exact) mass is 434 g/mol. The van der Waals surface area contributed by atoms with Crippen LogP contribution in [0.1, 0.15) is 10.5 Å². The van der Waals surface area contributed by atoms with Crippen LogP contribution in [0.5, 0.6) is 0 Å². The maximum atomic E-state index is 12.9. The highest BCUT2D eigenvalue weighted by Crippen LogP contribution is 2.23. The first-order valence-corrected chi connectivity index (χ1v) is 10.3. The molecule has 0 aliphatic carbocycles. The molecule has 4 aromatic rings. The number of nitrogens with zero attached hydrogens (tertiary/aromatic N) is 6. The van der Waals surface area contributed by atoms with Gasteiger partial charge >= 0.3 is 0 Å². The van der Waals surface area contributed by atoms with E-state index in [1.54, 1.807) is 29.4 Å². The minimum absolute atomic E-state index is 0.105. The molecule has 0 N–H and O–H groups in total. The van der Waals surface area contributed by atoms with E-state index in [1.165, 1.54) is 4.68 Å². The van der Waals surface area contributed by atoms with Crippen molar-refractivity contribution in [1.29, 1.82) is 0 Å². The van der Waals surface area contributed by atoms with Gasteiger partial charge in [0.15, 0.2) is 0 Å². The molecule has 8 nitrogen and oxygen atoms in total. The number of anilines is 1. The van der Waals surface area contributed by atoms with Gasteiger partial charge in [0.1, 0.15) is 16.4 Å². The van der Waals surface area contributed by atoms with Crippen molar-refractivity contribution >= 4 is 28.8 Å². The Bertz CT molecular complexity index is 1280. The van der Waals surface area contributed by atoms with Crippen molar-refractivity contribution in [2.75, 3.05) is 31.1 Å². The van der Waals surface area contributed by atoms with Crippen molar-refractivity contribution < 1.29 is 4.79 Å². The fourth-order valence-electron chi connectivity index (χ4n) is 3.75. The largest absolute Gasteiger partial charge is 0.365 e. The zero-order valence-electron chi connectivity index (χ0n) is 16.6. The third-order valence-electron chi connectivity index (χ3n) is 5.39. The number of carbonyl (C=O) groups is 1. The zero-order valence-corrected chi connectivity index (χ0v) is 17.3. The summed E-state index contributed by atoms with van der Waals surface area (Å²) in [5.41, 5.74) is 2.03. The SMILES string of the molecule is O=C(c1cn2ccccc2n1)N1CCN(c2cnn(-c3ccccc3)c(=O)c2Cl)CC1. The molecule has 5 rings (SSSR count). The summed E-state index contributed by atoms with van der Waals surface area (Å²) in [5, 5.41) is 4.42. The van der Waals surface area contributed by atoms with Crippen LogP contribution in [0.3, 0.4) is 0 Å². The van der Waals surface area contributed by atoms with E-state index in [4.69, 9.17) is 11.6 Å². The molecule has 1 fully saturated rings. The average Bonchev–Trinajstić information content (AvgIpc) is 3.25. The minimum atomic E-state index is -0.367. The van der Waals surface area contributed by atoms with E-state index in [0.717, 1.165) is 5.65 Å². The van der Waals surface area contributed by atoms with Gasteiger partial charge in [-0.25, -0.2) is 4.98 Å². The number of piperazine rings is 1. The highest BCUT2D eigenvalue weighted by molar-refractivity contribution is 6.33. The van der Waals surface area contributed by atoms with Gasteiger partial charge < -0.3 is 14.2 Å². The summed E-state index contributed by atoms with van der Waals surface area (Å²) in [7, 11) is 0. The Morgan fingerprint density at radius 1 is 0.968 bits per heavy atom. The van der Waals surface area contributed by atoms with Crippen molar-refractivity contribution in [2.24, 2.45) is 0 Å². The van der Waals surface area contributed by atoms with Crippen molar-refractivity contribution in [1.82, 2.24) is 24.1 Å². The fraction of sp³-hybridized carbons (Fsp3) is 0.182. The molecule has 4 heterocycles. The van der Waals surface area contributed by atoms with E-state index in [9.17, 15) is 9.59 Å². The number of halogens is 1. The van der Waals surface area contributed by atoms with Gasteiger partial charge in [-0.1, -0.05) is 35.9 Å². The van der Waals surface area contributed by atoms with Gasteiger partial charge in [-0.05, 0) is 24.3 Å². The molecular weight excluding hydrogens is 416 g/mol. The third kappa shape index (κ3) is 3.55. The molecule has 0 radical (unpaired) electrons. The molecular formula is C22H19ClN6O2. The van der Waals surface area contributed by atoms with Crippen LogP contribution >= 0.6 is 11.6 Å². The number of para-hydroxylation sites is 1. The second-order valence-electron chi connectivity index (χ2n) is 7.27. The summed E-state index contributed by atoms with van der Waals surface area (Å²) in [6, 6.07) is 14.8. The van der Waals surface area contributed by atoms with Crippen LogP contribution in [-0.4, -0.2) is 56.2 Å². The number of pyridine rings is 1. The lowest BCUT2D eigenvalue weighted by Gasteiger charge is -2.35. The van der Waals surface area contributed by atoms with E-state index in [-0.39, 0.29) is 16.5 Å². The Morgan fingerprint density at radius 2 is 1.71 bits per heavy atom. The smallest absolute Gasteiger partial charge is 0.292 e. The number of carbonyl (C=O) groups excluding carboxylic acids is 1. The van der Waals surface area contributed by atoms with Gasteiger partial charge in [0.2, 0.25) is 0 Å². The second-order valence-corrected chi connectivity index (χ2v) is 7.65. The number of rotatable bonds is 3.